The van der Waals surface area contributed by atoms with Crippen LogP contribution in [-0.4, -0.2) is 40.0 Å². The summed E-state index contributed by atoms with van der Waals surface area (Å²) in [6, 6.07) is 8.23. The molecule has 4 heterocycles. The summed E-state index contributed by atoms with van der Waals surface area (Å²) in [5.74, 6) is 0.291. The number of aromatic nitrogens is 2. The number of para-hydroxylation sites is 1. The van der Waals surface area contributed by atoms with Gasteiger partial charge in [-0.1, -0.05) is 36.9 Å². The van der Waals surface area contributed by atoms with E-state index in [0.717, 1.165) is 58.6 Å². The van der Waals surface area contributed by atoms with Gasteiger partial charge in [0.15, 0.2) is 5.16 Å². The average molecular weight is 484 g/mol. The van der Waals surface area contributed by atoms with E-state index < -0.39 is 0 Å². The molecule has 1 fully saturated rings. The van der Waals surface area contributed by atoms with Gasteiger partial charge in [-0.2, -0.15) is 0 Å². The van der Waals surface area contributed by atoms with Crippen molar-refractivity contribution in [1.29, 1.82) is 0 Å². The number of nitrogens with zero attached hydrogens (tertiary/aromatic N) is 3. The first-order valence-corrected chi connectivity index (χ1v) is 13.4. The van der Waals surface area contributed by atoms with Crippen LogP contribution in [0.1, 0.15) is 42.7 Å². The molecule has 1 amide bonds. The van der Waals surface area contributed by atoms with Crippen LogP contribution >= 0.6 is 23.1 Å². The quantitative estimate of drug-likeness (QED) is 0.379. The highest BCUT2D eigenvalue weighted by Crippen LogP contribution is 2.34. The largest absolute Gasteiger partial charge is 0.376 e. The molecule has 2 atom stereocenters. The van der Waals surface area contributed by atoms with Crippen molar-refractivity contribution in [3.8, 4) is 0 Å². The molecular formula is C25H29N3O3S2. The minimum absolute atomic E-state index is 0.00784. The van der Waals surface area contributed by atoms with E-state index in [1.807, 2.05) is 23.1 Å². The lowest BCUT2D eigenvalue weighted by atomic mass is 10.1. The molecule has 0 saturated carbocycles. The zero-order valence-electron chi connectivity index (χ0n) is 19.3. The second kappa shape index (κ2) is 9.24. The topological polar surface area (TPSA) is 64.4 Å². The normalized spacial score (nSPS) is 20.0. The van der Waals surface area contributed by atoms with Crippen molar-refractivity contribution in [2.75, 3.05) is 17.3 Å². The van der Waals surface area contributed by atoms with Gasteiger partial charge in [-0.05, 0) is 56.7 Å². The molecule has 5 rings (SSSR count). The molecule has 2 aliphatic heterocycles. The number of rotatable bonds is 6. The lowest BCUT2D eigenvalue weighted by Crippen LogP contribution is -2.37. The molecule has 0 N–H and O–H groups in total. The summed E-state index contributed by atoms with van der Waals surface area (Å²) in [6.07, 6.45) is 3.65. The van der Waals surface area contributed by atoms with Crippen molar-refractivity contribution in [2.45, 2.75) is 70.3 Å². The molecule has 8 heteroatoms. The highest BCUT2D eigenvalue weighted by atomic mass is 32.2. The Balaban J connectivity index is 1.47. The first-order valence-electron chi connectivity index (χ1n) is 11.6. The van der Waals surface area contributed by atoms with Crippen molar-refractivity contribution in [1.82, 2.24) is 9.55 Å². The van der Waals surface area contributed by atoms with E-state index in [2.05, 4.69) is 26.8 Å². The van der Waals surface area contributed by atoms with Crippen molar-refractivity contribution < 1.29 is 9.53 Å². The van der Waals surface area contributed by atoms with Gasteiger partial charge in [0.05, 0.1) is 23.8 Å². The number of carbonyl (C=O) groups is 1. The van der Waals surface area contributed by atoms with E-state index in [4.69, 9.17) is 9.72 Å². The standard InChI is InChI=1S/C25H29N3O3S2/c1-4-19-16(3)33-23-22(19)24(30)27(13-18-9-7-11-31-18)25(26-23)32-14-21(29)28-15(2)12-17-8-5-6-10-20(17)28/h5-6,8,10,15,18H,4,7,9,11-14H2,1-3H3. The van der Waals surface area contributed by atoms with Crippen LogP contribution < -0.4 is 10.5 Å². The van der Waals surface area contributed by atoms with E-state index in [0.29, 0.717) is 11.7 Å². The van der Waals surface area contributed by atoms with Crippen LogP contribution in [0.5, 0.6) is 0 Å². The number of thioether (sulfide) groups is 1. The Morgan fingerprint density at radius 1 is 1.33 bits per heavy atom. The van der Waals surface area contributed by atoms with Crippen LogP contribution in [0, 0.1) is 6.92 Å². The van der Waals surface area contributed by atoms with E-state index >= 15 is 0 Å². The summed E-state index contributed by atoms with van der Waals surface area (Å²) in [4.78, 5) is 35.6. The summed E-state index contributed by atoms with van der Waals surface area (Å²) in [5, 5.41) is 1.34. The maximum Gasteiger partial charge on any atom is 0.263 e. The summed E-state index contributed by atoms with van der Waals surface area (Å²) < 4.78 is 7.58. The Hall–Kier alpha value is -2.16. The molecule has 0 spiro atoms. The van der Waals surface area contributed by atoms with Crippen LogP contribution in [0.15, 0.2) is 34.2 Å². The van der Waals surface area contributed by atoms with Gasteiger partial charge in [0.2, 0.25) is 5.91 Å². The summed E-state index contributed by atoms with van der Waals surface area (Å²) in [5.41, 5.74) is 3.28. The third-order valence-corrected chi connectivity index (χ3v) is 8.64. The molecule has 0 radical (unpaired) electrons. The molecule has 1 saturated heterocycles. The van der Waals surface area contributed by atoms with Crippen molar-refractivity contribution in [3.05, 3.63) is 50.6 Å². The highest BCUT2D eigenvalue weighted by molar-refractivity contribution is 7.99. The van der Waals surface area contributed by atoms with Crippen molar-refractivity contribution in [2.24, 2.45) is 0 Å². The number of aryl methyl sites for hydroxylation is 2. The van der Waals surface area contributed by atoms with Gasteiger partial charge in [-0.15, -0.1) is 11.3 Å². The molecule has 1 aromatic carbocycles. The molecule has 33 heavy (non-hydrogen) atoms. The second-order valence-corrected chi connectivity index (χ2v) is 11.0. The Kier molecular flexibility index (Phi) is 6.33. The molecule has 0 bridgehead atoms. The molecule has 0 aliphatic carbocycles. The number of benzene rings is 1. The van der Waals surface area contributed by atoms with Gasteiger partial charge in [0, 0.05) is 23.2 Å². The molecular weight excluding hydrogens is 454 g/mol. The zero-order valence-corrected chi connectivity index (χ0v) is 20.9. The van der Waals surface area contributed by atoms with Gasteiger partial charge in [-0.25, -0.2) is 4.98 Å². The summed E-state index contributed by atoms with van der Waals surface area (Å²) in [6.45, 7) is 7.44. The second-order valence-electron chi connectivity index (χ2n) is 8.85. The Labute approximate surface area is 202 Å². The molecule has 3 aromatic rings. The smallest absolute Gasteiger partial charge is 0.263 e. The summed E-state index contributed by atoms with van der Waals surface area (Å²) in [7, 11) is 0. The van der Waals surface area contributed by atoms with E-state index in [-0.39, 0.29) is 29.4 Å². The number of thiophene rings is 1. The fraction of sp³-hybridized carbons (Fsp3) is 0.480. The number of ether oxygens (including phenoxy) is 1. The molecule has 2 unspecified atom stereocenters. The van der Waals surface area contributed by atoms with Crippen molar-refractivity contribution >= 4 is 44.9 Å². The fourth-order valence-corrected chi connectivity index (χ4v) is 7.08. The maximum absolute atomic E-state index is 13.6. The van der Waals surface area contributed by atoms with E-state index in [9.17, 15) is 9.59 Å². The van der Waals surface area contributed by atoms with Crippen molar-refractivity contribution in [3.63, 3.8) is 0 Å². The molecule has 6 nitrogen and oxygen atoms in total. The van der Waals surface area contributed by atoms with Gasteiger partial charge < -0.3 is 9.64 Å². The van der Waals surface area contributed by atoms with Crippen LogP contribution in [-0.2, 0) is 28.9 Å². The molecule has 174 valence electrons. The Morgan fingerprint density at radius 3 is 2.91 bits per heavy atom. The minimum Gasteiger partial charge on any atom is -0.376 e. The molecule has 2 aromatic heterocycles. The Bertz CT molecular complexity index is 1260. The van der Waals surface area contributed by atoms with Gasteiger partial charge in [0.1, 0.15) is 4.83 Å². The lowest BCUT2D eigenvalue weighted by Gasteiger charge is -2.23. The number of carbonyl (C=O) groups excluding carboxylic acids is 1. The van der Waals surface area contributed by atoms with Crippen LogP contribution in [0.25, 0.3) is 10.2 Å². The number of fused-ring (bicyclic) bond motifs is 2. The average Bonchev–Trinajstić information content (AvgIpc) is 3.50. The van der Waals surface area contributed by atoms with E-state index in [1.165, 1.54) is 17.3 Å². The predicted molar refractivity (Wildman–Crippen MR) is 135 cm³/mol. The monoisotopic (exact) mass is 483 g/mol. The number of hydrogen-bond acceptors (Lipinski definition) is 6. The van der Waals surface area contributed by atoms with Crippen LogP contribution in [0.2, 0.25) is 0 Å². The fourth-order valence-electron chi connectivity index (χ4n) is 5.06. The highest BCUT2D eigenvalue weighted by Gasteiger charge is 2.31. The SMILES string of the molecule is CCc1c(C)sc2nc(SCC(=O)N3c4ccccc4CC3C)n(CC3CCCO3)c(=O)c12. The predicted octanol–water partition coefficient (Wildman–Crippen LogP) is 4.58. The van der Waals surface area contributed by atoms with Crippen LogP contribution in [0.4, 0.5) is 5.69 Å². The number of amides is 1. The first kappa shape index (κ1) is 22.6. The third kappa shape index (κ3) is 4.13. The minimum atomic E-state index is -0.00784. The summed E-state index contributed by atoms with van der Waals surface area (Å²) >= 11 is 2.93. The maximum atomic E-state index is 13.6. The Morgan fingerprint density at radius 2 is 2.15 bits per heavy atom. The number of anilines is 1. The number of hydrogen-bond donors (Lipinski definition) is 0. The van der Waals surface area contributed by atoms with Gasteiger partial charge >= 0.3 is 0 Å². The first-order chi connectivity index (χ1) is 16.0. The molecule has 2 aliphatic rings. The van der Waals surface area contributed by atoms with Gasteiger partial charge in [-0.3, -0.25) is 14.2 Å². The third-order valence-electron chi connectivity index (χ3n) is 6.64. The van der Waals surface area contributed by atoms with Crippen LogP contribution in [0.3, 0.4) is 0 Å². The zero-order chi connectivity index (χ0) is 23.1. The van der Waals surface area contributed by atoms with E-state index in [1.54, 1.807) is 15.9 Å². The lowest BCUT2D eigenvalue weighted by molar-refractivity contribution is -0.116. The van der Waals surface area contributed by atoms with Gasteiger partial charge in [0.25, 0.3) is 5.56 Å².